The molecule has 17 heavy (non-hydrogen) atoms. The number of halogens is 1. The number of benzene rings is 1. The molecule has 2 aliphatic rings. The number of rotatable bonds is 0. The highest BCUT2D eigenvalue weighted by molar-refractivity contribution is 9.10. The summed E-state index contributed by atoms with van der Waals surface area (Å²) in [6.45, 7) is 2.72. The highest BCUT2D eigenvalue weighted by Gasteiger charge is 2.48. The molecule has 3 atom stereocenters. The molecule has 1 N–H and O–H groups in total. The van der Waals surface area contributed by atoms with Gasteiger partial charge in [-0.15, -0.1) is 0 Å². The molecule has 0 bridgehead atoms. The van der Waals surface area contributed by atoms with E-state index in [1.807, 2.05) is 25.1 Å². The molecule has 1 saturated heterocycles. The second-order valence-electron chi connectivity index (χ2n) is 4.83. The normalized spacial score (nSPS) is 35.7. The zero-order valence-corrected chi connectivity index (χ0v) is 11.2. The van der Waals surface area contributed by atoms with E-state index in [1.54, 1.807) is 0 Å². The van der Waals surface area contributed by atoms with Crippen molar-refractivity contribution in [1.82, 2.24) is 0 Å². The van der Waals surface area contributed by atoms with Gasteiger partial charge in [0.1, 0.15) is 11.4 Å². The van der Waals surface area contributed by atoms with Crippen LogP contribution in [0, 0.1) is 0 Å². The first kappa shape index (κ1) is 11.5. The van der Waals surface area contributed by atoms with Crippen LogP contribution in [-0.4, -0.2) is 23.4 Å². The summed E-state index contributed by atoms with van der Waals surface area (Å²) >= 11 is 3.43. The number of aliphatic hydroxyl groups is 1. The Hall–Kier alpha value is -0.580. The predicted octanol–water partition coefficient (Wildman–Crippen LogP) is 2.81. The Balaban J connectivity index is 2.02. The van der Waals surface area contributed by atoms with Crippen molar-refractivity contribution in [2.24, 2.45) is 0 Å². The van der Waals surface area contributed by atoms with Gasteiger partial charge < -0.3 is 14.6 Å². The maximum Gasteiger partial charge on any atom is 0.140 e. The molecular formula is C13H15BrO3. The number of fused-ring (bicyclic) bond motifs is 1. The average Bonchev–Trinajstić information content (AvgIpc) is 2.59. The van der Waals surface area contributed by atoms with Crippen molar-refractivity contribution in [3.63, 3.8) is 0 Å². The Morgan fingerprint density at radius 1 is 1.47 bits per heavy atom. The van der Waals surface area contributed by atoms with Crippen LogP contribution < -0.4 is 4.74 Å². The molecule has 1 aromatic rings. The highest BCUT2D eigenvalue weighted by Crippen LogP contribution is 2.46. The Morgan fingerprint density at radius 2 is 2.29 bits per heavy atom. The fourth-order valence-electron chi connectivity index (χ4n) is 2.74. The van der Waals surface area contributed by atoms with Gasteiger partial charge in [-0.05, 0) is 19.1 Å². The molecular weight excluding hydrogens is 284 g/mol. The fourth-order valence-corrected chi connectivity index (χ4v) is 3.08. The largest absolute Gasteiger partial charge is 0.484 e. The van der Waals surface area contributed by atoms with Crippen LogP contribution >= 0.6 is 15.9 Å². The van der Waals surface area contributed by atoms with E-state index in [0.717, 1.165) is 22.2 Å². The Bertz CT molecular complexity index is 448. The maximum absolute atomic E-state index is 10.2. The van der Waals surface area contributed by atoms with Crippen LogP contribution in [0.5, 0.6) is 5.75 Å². The van der Waals surface area contributed by atoms with Crippen molar-refractivity contribution in [3.8, 4) is 5.75 Å². The summed E-state index contributed by atoms with van der Waals surface area (Å²) in [7, 11) is 0. The van der Waals surface area contributed by atoms with Crippen LogP contribution in [0.25, 0.3) is 0 Å². The topological polar surface area (TPSA) is 38.7 Å². The summed E-state index contributed by atoms with van der Waals surface area (Å²) in [4.78, 5) is 0. The van der Waals surface area contributed by atoms with E-state index in [-0.39, 0.29) is 11.7 Å². The van der Waals surface area contributed by atoms with Crippen molar-refractivity contribution in [2.45, 2.75) is 37.6 Å². The van der Waals surface area contributed by atoms with Crippen molar-refractivity contribution in [1.29, 1.82) is 0 Å². The standard InChI is InChI=1S/C13H15BrO3/c1-8-13(4-5-16-8)7-11(15)10-3-2-9(14)6-12(10)17-13/h2-3,6,8,11,15H,4-5,7H2,1H3/t8?,11-,13?/m1/s1. The molecule has 1 spiro atoms. The van der Waals surface area contributed by atoms with Crippen LogP contribution in [0.4, 0.5) is 0 Å². The molecule has 1 fully saturated rings. The molecule has 2 heterocycles. The number of hydrogen-bond acceptors (Lipinski definition) is 3. The first-order valence-electron chi connectivity index (χ1n) is 5.89. The van der Waals surface area contributed by atoms with Crippen molar-refractivity contribution < 1.29 is 14.6 Å². The fraction of sp³-hybridized carbons (Fsp3) is 0.538. The monoisotopic (exact) mass is 298 g/mol. The van der Waals surface area contributed by atoms with E-state index < -0.39 is 6.10 Å². The summed E-state index contributed by atoms with van der Waals surface area (Å²) in [5, 5.41) is 10.2. The van der Waals surface area contributed by atoms with E-state index in [4.69, 9.17) is 9.47 Å². The minimum atomic E-state index is -0.462. The zero-order valence-electron chi connectivity index (χ0n) is 9.65. The average molecular weight is 299 g/mol. The van der Waals surface area contributed by atoms with Gasteiger partial charge in [-0.25, -0.2) is 0 Å². The van der Waals surface area contributed by atoms with E-state index in [1.165, 1.54) is 0 Å². The molecule has 1 aromatic carbocycles. The minimum absolute atomic E-state index is 0.0317. The molecule has 3 nitrogen and oxygen atoms in total. The van der Waals surface area contributed by atoms with E-state index in [0.29, 0.717) is 13.0 Å². The second-order valence-corrected chi connectivity index (χ2v) is 5.75. The summed E-state index contributed by atoms with van der Waals surface area (Å²) in [6.07, 6.45) is 1.03. The smallest absolute Gasteiger partial charge is 0.140 e. The van der Waals surface area contributed by atoms with Crippen molar-refractivity contribution in [2.75, 3.05) is 6.61 Å². The maximum atomic E-state index is 10.2. The summed E-state index contributed by atoms with van der Waals surface area (Å²) in [5.41, 5.74) is 0.519. The number of aliphatic hydroxyl groups excluding tert-OH is 1. The van der Waals surface area contributed by atoms with Gasteiger partial charge in [0, 0.05) is 22.9 Å². The van der Waals surface area contributed by atoms with Crippen LogP contribution in [-0.2, 0) is 4.74 Å². The van der Waals surface area contributed by atoms with E-state index >= 15 is 0 Å². The van der Waals surface area contributed by atoms with Gasteiger partial charge in [0.2, 0.25) is 0 Å². The minimum Gasteiger partial charge on any atom is -0.484 e. The number of ether oxygens (including phenoxy) is 2. The number of hydrogen-bond donors (Lipinski definition) is 1. The molecule has 2 aliphatic heterocycles. The predicted molar refractivity (Wildman–Crippen MR) is 67.1 cm³/mol. The van der Waals surface area contributed by atoms with Crippen LogP contribution in [0.1, 0.15) is 31.4 Å². The van der Waals surface area contributed by atoms with Crippen LogP contribution in [0.15, 0.2) is 22.7 Å². The summed E-state index contributed by atoms with van der Waals surface area (Å²) in [6, 6.07) is 5.76. The molecule has 4 heteroatoms. The van der Waals surface area contributed by atoms with Gasteiger partial charge in [0.15, 0.2) is 0 Å². The molecule has 0 aliphatic carbocycles. The van der Waals surface area contributed by atoms with Gasteiger partial charge >= 0.3 is 0 Å². The van der Waals surface area contributed by atoms with Gasteiger partial charge in [0.25, 0.3) is 0 Å². The Kier molecular flexibility index (Phi) is 2.69. The molecule has 0 saturated carbocycles. The lowest BCUT2D eigenvalue weighted by Gasteiger charge is -2.40. The zero-order chi connectivity index (χ0) is 12.0. The van der Waals surface area contributed by atoms with Gasteiger partial charge in [-0.2, -0.15) is 0 Å². The van der Waals surface area contributed by atoms with Gasteiger partial charge in [-0.1, -0.05) is 22.0 Å². The Labute approximate surface area is 109 Å². The third kappa shape index (κ3) is 1.79. The van der Waals surface area contributed by atoms with Gasteiger partial charge in [-0.3, -0.25) is 0 Å². The van der Waals surface area contributed by atoms with Gasteiger partial charge in [0.05, 0.1) is 18.8 Å². The lowest BCUT2D eigenvalue weighted by Crippen LogP contribution is -2.46. The van der Waals surface area contributed by atoms with Crippen molar-refractivity contribution >= 4 is 15.9 Å². The quantitative estimate of drug-likeness (QED) is 0.800. The molecule has 0 amide bonds. The first-order chi connectivity index (χ1) is 8.11. The molecule has 0 aromatic heterocycles. The molecule has 0 radical (unpaired) electrons. The lowest BCUT2D eigenvalue weighted by molar-refractivity contribution is -0.0565. The molecule has 92 valence electrons. The summed E-state index contributed by atoms with van der Waals surface area (Å²) < 4.78 is 12.7. The highest BCUT2D eigenvalue weighted by atomic mass is 79.9. The van der Waals surface area contributed by atoms with Crippen molar-refractivity contribution in [3.05, 3.63) is 28.2 Å². The third-order valence-corrected chi connectivity index (χ3v) is 4.31. The second kappa shape index (κ2) is 3.97. The SMILES string of the molecule is CC1OCCC12C[C@@H](O)c1ccc(Br)cc1O2. The van der Waals surface area contributed by atoms with E-state index in [2.05, 4.69) is 15.9 Å². The third-order valence-electron chi connectivity index (χ3n) is 3.82. The summed E-state index contributed by atoms with van der Waals surface area (Å²) in [5.74, 6) is 0.774. The van der Waals surface area contributed by atoms with Crippen LogP contribution in [0.2, 0.25) is 0 Å². The van der Waals surface area contributed by atoms with E-state index in [9.17, 15) is 5.11 Å². The molecule has 3 rings (SSSR count). The first-order valence-corrected chi connectivity index (χ1v) is 6.68. The lowest BCUT2D eigenvalue weighted by atomic mass is 9.84. The molecule has 2 unspecified atom stereocenters. The Morgan fingerprint density at radius 3 is 3.00 bits per heavy atom. The van der Waals surface area contributed by atoms with Crippen LogP contribution in [0.3, 0.4) is 0 Å².